The van der Waals surface area contributed by atoms with Crippen molar-refractivity contribution in [1.82, 2.24) is 9.21 Å². The Labute approximate surface area is 201 Å². The SMILES string of the molecule is COc1ccc(Cl)cc1S(=O)(=O)N1CCC[C@@H](C(=O)N2CCC(Cc3ccccc3)CC2)C1. The average molecular weight is 491 g/mol. The van der Waals surface area contributed by atoms with Crippen LogP contribution >= 0.6 is 11.6 Å². The van der Waals surface area contributed by atoms with Crippen LogP contribution in [0.1, 0.15) is 31.2 Å². The van der Waals surface area contributed by atoms with Crippen LogP contribution in [0.3, 0.4) is 0 Å². The number of likely N-dealkylation sites (tertiary alicyclic amines) is 1. The number of ether oxygens (including phenoxy) is 1. The largest absolute Gasteiger partial charge is 0.495 e. The number of sulfonamides is 1. The lowest BCUT2D eigenvalue weighted by molar-refractivity contribution is -0.138. The van der Waals surface area contributed by atoms with Crippen LogP contribution in [0.15, 0.2) is 53.4 Å². The van der Waals surface area contributed by atoms with Gasteiger partial charge in [-0.05, 0) is 61.8 Å². The molecule has 0 unspecified atom stereocenters. The van der Waals surface area contributed by atoms with Crippen LogP contribution in [0.4, 0.5) is 0 Å². The van der Waals surface area contributed by atoms with E-state index < -0.39 is 10.0 Å². The summed E-state index contributed by atoms with van der Waals surface area (Å²) in [5.41, 5.74) is 1.34. The minimum Gasteiger partial charge on any atom is -0.495 e. The first-order chi connectivity index (χ1) is 15.9. The molecule has 0 spiro atoms. The molecule has 0 saturated carbocycles. The molecule has 0 aromatic heterocycles. The molecule has 1 amide bonds. The Hall–Kier alpha value is -2.09. The molecule has 2 aliphatic rings. The minimum absolute atomic E-state index is 0.0484. The normalized spacial score (nSPS) is 20.5. The van der Waals surface area contributed by atoms with E-state index in [2.05, 4.69) is 24.3 Å². The van der Waals surface area contributed by atoms with Gasteiger partial charge in [0.1, 0.15) is 10.6 Å². The molecule has 178 valence electrons. The zero-order valence-electron chi connectivity index (χ0n) is 19.0. The summed E-state index contributed by atoms with van der Waals surface area (Å²) < 4.78 is 33.4. The summed E-state index contributed by atoms with van der Waals surface area (Å²) in [6.07, 6.45) is 4.37. The lowest BCUT2D eigenvalue weighted by atomic mass is 9.89. The highest BCUT2D eigenvalue weighted by Crippen LogP contribution is 2.33. The topological polar surface area (TPSA) is 66.9 Å². The maximum absolute atomic E-state index is 13.3. The molecule has 2 saturated heterocycles. The second kappa shape index (κ2) is 10.5. The van der Waals surface area contributed by atoms with E-state index in [1.807, 2.05) is 11.0 Å². The molecule has 4 rings (SSSR count). The smallest absolute Gasteiger partial charge is 0.246 e. The Kier molecular flexibility index (Phi) is 7.62. The van der Waals surface area contributed by atoms with Gasteiger partial charge < -0.3 is 9.64 Å². The molecule has 0 bridgehead atoms. The summed E-state index contributed by atoms with van der Waals surface area (Å²) in [6, 6.07) is 15.0. The number of benzene rings is 2. The third-order valence-electron chi connectivity index (χ3n) is 6.77. The number of piperidine rings is 2. The van der Waals surface area contributed by atoms with Gasteiger partial charge in [-0.2, -0.15) is 4.31 Å². The summed E-state index contributed by atoms with van der Waals surface area (Å²) in [5.74, 6) is 0.596. The molecule has 33 heavy (non-hydrogen) atoms. The van der Waals surface area contributed by atoms with E-state index in [9.17, 15) is 13.2 Å². The van der Waals surface area contributed by atoms with Crippen LogP contribution in [-0.2, 0) is 21.2 Å². The van der Waals surface area contributed by atoms with E-state index in [0.29, 0.717) is 30.3 Å². The van der Waals surface area contributed by atoms with Crippen molar-refractivity contribution in [3.8, 4) is 5.75 Å². The first-order valence-corrected chi connectivity index (χ1v) is 13.4. The van der Waals surface area contributed by atoms with Crippen molar-refractivity contribution >= 4 is 27.5 Å². The van der Waals surface area contributed by atoms with Crippen molar-refractivity contribution in [3.63, 3.8) is 0 Å². The van der Waals surface area contributed by atoms with Gasteiger partial charge in [-0.3, -0.25) is 4.79 Å². The Morgan fingerprint density at radius 1 is 1.06 bits per heavy atom. The third kappa shape index (κ3) is 5.53. The highest BCUT2D eigenvalue weighted by Gasteiger charge is 2.37. The monoisotopic (exact) mass is 490 g/mol. The van der Waals surface area contributed by atoms with Crippen LogP contribution in [0.5, 0.6) is 5.75 Å². The van der Waals surface area contributed by atoms with Crippen molar-refractivity contribution in [1.29, 1.82) is 0 Å². The molecule has 2 aromatic rings. The molecule has 0 aliphatic carbocycles. The summed E-state index contributed by atoms with van der Waals surface area (Å²) in [6.45, 7) is 2.06. The number of rotatable bonds is 6. The van der Waals surface area contributed by atoms with Gasteiger partial charge in [-0.15, -0.1) is 0 Å². The fourth-order valence-corrected chi connectivity index (χ4v) is 6.86. The number of carbonyl (C=O) groups is 1. The number of hydrogen-bond donors (Lipinski definition) is 0. The zero-order valence-corrected chi connectivity index (χ0v) is 20.5. The van der Waals surface area contributed by atoms with Gasteiger partial charge in [0.15, 0.2) is 0 Å². The van der Waals surface area contributed by atoms with E-state index in [1.165, 1.54) is 23.0 Å². The van der Waals surface area contributed by atoms with Gasteiger partial charge in [0.25, 0.3) is 0 Å². The molecule has 2 heterocycles. The second-order valence-electron chi connectivity index (χ2n) is 8.96. The highest BCUT2D eigenvalue weighted by atomic mass is 35.5. The Balaban J connectivity index is 1.38. The van der Waals surface area contributed by atoms with Crippen molar-refractivity contribution < 1.29 is 17.9 Å². The molecule has 6 nitrogen and oxygen atoms in total. The first-order valence-electron chi connectivity index (χ1n) is 11.5. The molecule has 1 atom stereocenters. The standard InChI is InChI=1S/C25H31ClN2O4S/c1-32-23-10-9-22(26)17-24(23)33(30,31)28-13-5-8-21(18-28)25(29)27-14-11-20(12-15-27)16-19-6-3-2-4-7-19/h2-4,6-7,9-10,17,20-21H,5,8,11-16,18H2,1H3/t21-/m1/s1. The lowest BCUT2D eigenvalue weighted by Crippen LogP contribution is -2.48. The molecular formula is C25H31ClN2O4S. The van der Waals surface area contributed by atoms with Gasteiger partial charge in [-0.1, -0.05) is 41.9 Å². The first kappa shape index (κ1) is 24.0. The predicted octanol–water partition coefficient (Wildman–Crippen LogP) is 4.23. The number of methoxy groups -OCH3 is 1. The Morgan fingerprint density at radius 2 is 1.79 bits per heavy atom. The fourth-order valence-electron chi connectivity index (χ4n) is 4.92. The molecule has 0 N–H and O–H groups in total. The summed E-state index contributed by atoms with van der Waals surface area (Å²) in [4.78, 5) is 15.2. The van der Waals surface area contributed by atoms with Crippen LogP contribution in [0.25, 0.3) is 0 Å². The summed E-state index contributed by atoms with van der Waals surface area (Å²) in [7, 11) is -2.38. The number of halogens is 1. The van der Waals surface area contributed by atoms with Crippen LogP contribution in [-0.4, -0.2) is 56.8 Å². The number of nitrogens with zero attached hydrogens (tertiary/aromatic N) is 2. The zero-order chi connectivity index (χ0) is 23.4. The van der Waals surface area contributed by atoms with E-state index in [-0.39, 0.29) is 29.0 Å². The predicted molar refractivity (Wildman–Crippen MR) is 129 cm³/mol. The maximum Gasteiger partial charge on any atom is 0.246 e. The van der Waals surface area contributed by atoms with Crippen molar-refractivity contribution in [2.75, 3.05) is 33.3 Å². The maximum atomic E-state index is 13.3. The number of hydrogen-bond acceptors (Lipinski definition) is 4. The lowest BCUT2D eigenvalue weighted by Gasteiger charge is -2.37. The molecule has 2 aromatic carbocycles. The summed E-state index contributed by atoms with van der Waals surface area (Å²) in [5, 5.41) is 0.331. The number of carbonyl (C=O) groups excluding carboxylic acids is 1. The van der Waals surface area contributed by atoms with Gasteiger partial charge in [0.2, 0.25) is 15.9 Å². The molecule has 2 fully saturated rings. The van der Waals surface area contributed by atoms with Crippen molar-refractivity contribution in [3.05, 3.63) is 59.1 Å². The highest BCUT2D eigenvalue weighted by molar-refractivity contribution is 7.89. The van der Waals surface area contributed by atoms with E-state index in [4.69, 9.17) is 16.3 Å². The Morgan fingerprint density at radius 3 is 2.48 bits per heavy atom. The average Bonchev–Trinajstić information content (AvgIpc) is 2.85. The summed E-state index contributed by atoms with van der Waals surface area (Å²) >= 11 is 6.06. The number of amides is 1. The Bertz CT molecular complexity index is 1070. The van der Waals surface area contributed by atoms with Gasteiger partial charge in [-0.25, -0.2) is 8.42 Å². The molecule has 0 radical (unpaired) electrons. The fraction of sp³-hybridized carbons (Fsp3) is 0.480. The van der Waals surface area contributed by atoms with Crippen molar-refractivity contribution in [2.45, 2.75) is 37.0 Å². The molecule has 2 aliphatic heterocycles. The van der Waals surface area contributed by atoms with Gasteiger partial charge >= 0.3 is 0 Å². The van der Waals surface area contributed by atoms with Crippen LogP contribution < -0.4 is 4.74 Å². The minimum atomic E-state index is -3.81. The molecule has 8 heteroatoms. The van der Waals surface area contributed by atoms with Crippen LogP contribution in [0, 0.1) is 11.8 Å². The van der Waals surface area contributed by atoms with E-state index in [1.54, 1.807) is 12.1 Å². The van der Waals surface area contributed by atoms with E-state index in [0.717, 1.165) is 32.4 Å². The van der Waals surface area contributed by atoms with Crippen molar-refractivity contribution in [2.24, 2.45) is 11.8 Å². The molecular weight excluding hydrogens is 460 g/mol. The third-order valence-corrected chi connectivity index (χ3v) is 8.89. The van der Waals surface area contributed by atoms with Gasteiger partial charge in [0.05, 0.1) is 13.0 Å². The van der Waals surface area contributed by atoms with E-state index >= 15 is 0 Å². The van der Waals surface area contributed by atoms with Crippen LogP contribution in [0.2, 0.25) is 5.02 Å². The van der Waals surface area contributed by atoms with Gasteiger partial charge in [0, 0.05) is 31.2 Å². The quantitative estimate of drug-likeness (QED) is 0.607. The second-order valence-corrected chi connectivity index (χ2v) is 11.3.